The summed E-state index contributed by atoms with van der Waals surface area (Å²) in [6.45, 7) is 6.81. The van der Waals surface area contributed by atoms with E-state index in [1.54, 1.807) is 4.90 Å². The van der Waals surface area contributed by atoms with Crippen molar-refractivity contribution in [2.24, 2.45) is 5.92 Å². The van der Waals surface area contributed by atoms with Gasteiger partial charge in [0, 0.05) is 24.3 Å². The minimum atomic E-state index is -0.321. The molecule has 136 valence electrons. The normalized spacial score (nSPS) is 17.0. The van der Waals surface area contributed by atoms with Crippen LogP contribution in [0.3, 0.4) is 0 Å². The lowest BCUT2D eigenvalue weighted by atomic mass is 10.0. The van der Waals surface area contributed by atoms with Crippen LogP contribution in [0.15, 0.2) is 48.5 Å². The predicted molar refractivity (Wildman–Crippen MR) is 105 cm³/mol. The largest absolute Gasteiger partial charge is 0.326 e. The topological polar surface area (TPSA) is 49.4 Å². The molecule has 4 nitrogen and oxygen atoms in total. The van der Waals surface area contributed by atoms with Gasteiger partial charge in [-0.05, 0) is 47.7 Å². The van der Waals surface area contributed by atoms with Gasteiger partial charge >= 0.3 is 0 Å². The number of carbonyl (C=O) groups is 2. The Labute approximate surface area is 155 Å². The summed E-state index contributed by atoms with van der Waals surface area (Å²) in [5.74, 6) is 0.0433. The van der Waals surface area contributed by atoms with Gasteiger partial charge in [-0.25, -0.2) is 0 Å². The van der Waals surface area contributed by atoms with Crippen LogP contribution in [0.5, 0.6) is 0 Å². The number of nitrogens with one attached hydrogen (secondary N) is 1. The highest BCUT2D eigenvalue weighted by Gasteiger charge is 2.35. The van der Waals surface area contributed by atoms with E-state index in [0.29, 0.717) is 12.5 Å². The first-order valence-corrected chi connectivity index (χ1v) is 9.28. The summed E-state index contributed by atoms with van der Waals surface area (Å²) in [6.07, 6.45) is 1.22. The van der Waals surface area contributed by atoms with E-state index < -0.39 is 0 Å². The highest BCUT2D eigenvalue weighted by Crippen LogP contribution is 2.27. The second kappa shape index (κ2) is 7.73. The molecule has 1 N–H and O–H groups in total. The highest BCUT2D eigenvalue weighted by molar-refractivity contribution is 6.03. The number of hydrogen-bond acceptors (Lipinski definition) is 2. The molecule has 0 aliphatic carbocycles. The molecule has 0 radical (unpaired) electrons. The molecule has 1 aliphatic rings. The van der Waals surface area contributed by atoms with E-state index in [1.165, 1.54) is 11.1 Å². The number of nitrogens with zero attached hydrogens (tertiary/aromatic N) is 1. The lowest BCUT2D eigenvalue weighted by molar-refractivity contribution is -0.122. The summed E-state index contributed by atoms with van der Waals surface area (Å²) in [7, 11) is 0. The van der Waals surface area contributed by atoms with Crippen molar-refractivity contribution in [1.82, 2.24) is 0 Å². The van der Waals surface area contributed by atoms with E-state index in [2.05, 4.69) is 38.2 Å². The van der Waals surface area contributed by atoms with Gasteiger partial charge in [0.05, 0.1) is 5.92 Å². The maximum Gasteiger partial charge on any atom is 0.229 e. The maximum absolute atomic E-state index is 12.5. The third-order valence-electron chi connectivity index (χ3n) is 5.00. The standard InChI is InChI=1S/C22H26N2O2/c1-4-16-5-9-19(10-6-16)23-22(26)18-13-21(25)24(14-18)20-11-7-17(8-12-20)15(2)3/h5-12,15,18H,4,13-14H2,1-3H3,(H,23,26)/t18-/m1/s1. The predicted octanol–water partition coefficient (Wildman–Crippen LogP) is 4.36. The molecule has 1 aliphatic heterocycles. The monoisotopic (exact) mass is 350 g/mol. The number of anilines is 2. The van der Waals surface area contributed by atoms with E-state index in [9.17, 15) is 9.59 Å². The molecule has 4 heteroatoms. The molecule has 1 saturated heterocycles. The SMILES string of the molecule is CCc1ccc(NC(=O)[C@@H]2CC(=O)N(c3ccc(C(C)C)cc3)C2)cc1. The lowest BCUT2D eigenvalue weighted by Gasteiger charge is -2.18. The summed E-state index contributed by atoms with van der Waals surface area (Å²) < 4.78 is 0. The van der Waals surface area contributed by atoms with Gasteiger partial charge < -0.3 is 10.2 Å². The first kappa shape index (κ1) is 18.2. The zero-order valence-electron chi connectivity index (χ0n) is 15.7. The van der Waals surface area contributed by atoms with Gasteiger partial charge in [-0.2, -0.15) is 0 Å². The van der Waals surface area contributed by atoms with Gasteiger partial charge in [-0.1, -0.05) is 45.0 Å². The van der Waals surface area contributed by atoms with Crippen molar-refractivity contribution in [2.45, 2.75) is 39.5 Å². The molecule has 0 spiro atoms. The molecule has 26 heavy (non-hydrogen) atoms. The number of hydrogen-bond donors (Lipinski definition) is 1. The Morgan fingerprint density at radius 3 is 2.35 bits per heavy atom. The third kappa shape index (κ3) is 3.96. The van der Waals surface area contributed by atoms with Crippen molar-refractivity contribution in [3.63, 3.8) is 0 Å². The van der Waals surface area contributed by atoms with Gasteiger partial charge in [0.15, 0.2) is 0 Å². The summed E-state index contributed by atoms with van der Waals surface area (Å²) in [4.78, 5) is 26.7. The van der Waals surface area contributed by atoms with Crippen molar-refractivity contribution >= 4 is 23.2 Å². The van der Waals surface area contributed by atoms with Crippen LogP contribution in [0.1, 0.15) is 44.2 Å². The van der Waals surface area contributed by atoms with Gasteiger partial charge in [0.25, 0.3) is 0 Å². The van der Waals surface area contributed by atoms with Crippen LogP contribution in [0.2, 0.25) is 0 Å². The average molecular weight is 350 g/mol. The molecule has 3 rings (SSSR count). The summed E-state index contributed by atoms with van der Waals surface area (Å²) in [5.41, 5.74) is 4.11. The van der Waals surface area contributed by atoms with E-state index in [0.717, 1.165) is 17.8 Å². The molecule has 2 amide bonds. The zero-order valence-corrected chi connectivity index (χ0v) is 15.7. The Kier molecular flexibility index (Phi) is 5.40. The van der Waals surface area contributed by atoms with Crippen molar-refractivity contribution in [1.29, 1.82) is 0 Å². The molecule has 0 saturated carbocycles. The molecule has 0 bridgehead atoms. The van der Waals surface area contributed by atoms with Crippen molar-refractivity contribution < 1.29 is 9.59 Å². The van der Waals surface area contributed by atoms with E-state index in [1.807, 2.05) is 36.4 Å². The van der Waals surface area contributed by atoms with Crippen molar-refractivity contribution in [3.05, 3.63) is 59.7 Å². The first-order chi connectivity index (χ1) is 12.5. The molecule has 2 aromatic rings. The van der Waals surface area contributed by atoms with Crippen LogP contribution in [0.25, 0.3) is 0 Å². The summed E-state index contributed by atoms with van der Waals surface area (Å²) in [6, 6.07) is 15.9. The Morgan fingerprint density at radius 1 is 1.12 bits per heavy atom. The number of benzene rings is 2. The average Bonchev–Trinajstić information content (AvgIpc) is 3.04. The van der Waals surface area contributed by atoms with E-state index >= 15 is 0 Å². The lowest BCUT2D eigenvalue weighted by Crippen LogP contribution is -2.28. The molecular formula is C22H26N2O2. The smallest absolute Gasteiger partial charge is 0.229 e. The number of rotatable bonds is 5. The quantitative estimate of drug-likeness (QED) is 0.871. The van der Waals surface area contributed by atoms with Crippen LogP contribution in [-0.2, 0) is 16.0 Å². The Morgan fingerprint density at radius 2 is 1.77 bits per heavy atom. The second-order valence-corrected chi connectivity index (χ2v) is 7.19. The minimum absolute atomic E-state index is 0.00350. The van der Waals surface area contributed by atoms with Crippen LogP contribution < -0.4 is 10.2 Å². The fourth-order valence-corrected chi connectivity index (χ4v) is 3.24. The first-order valence-electron chi connectivity index (χ1n) is 9.28. The molecule has 2 aromatic carbocycles. The molecule has 0 aromatic heterocycles. The fourth-order valence-electron chi connectivity index (χ4n) is 3.24. The number of amides is 2. The van der Waals surface area contributed by atoms with Crippen LogP contribution in [-0.4, -0.2) is 18.4 Å². The molecule has 1 fully saturated rings. The van der Waals surface area contributed by atoms with E-state index in [-0.39, 0.29) is 24.2 Å². The van der Waals surface area contributed by atoms with Crippen LogP contribution >= 0.6 is 0 Å². The second-order valence-electron chi connectivity index (χ2n) is 7.19. The van der Waals surface area contributed by atoms with Crippen LogP contribution in [0.4, 0.5) is 11.4 Å². The molecular weight excluding hydrogens is 324 g/mol. The third-order valence-corrected chi connectivity index (χ3v) is 5.00. The molecule has 0 unspecified atom stereocenters. The van der Waals surface area contributed by atoms with Gasteiger partial charge in [-0.15, -0.1) is 0 Å². The van der Waals surface area contributed by atoms with Crippen LogP contribution in [0, 0.1) is 5.92 Å². The fraction of sp³-hybridized carbons (Fsp3) is 0.364. The van der Waals surface area contributed by atoms with Gasteiger partial charge in [0.2, 0.25) is 11.8 Å². The van der Waals surface area contributed by atoms with Gasteiger partial charge in [-0.3, -0.25) is 9.59 Å². The highest BCUT2D eigenvalue weighted by atomic mass is 16.2. The molecule has 1 heterocycles. The molecule has 1 atom stereocenters. The maximum atomic E-state index is 12.5. The number of carbonyl (C=O) groups excluding carboxylic acids is 2. The number of aryl methyl sites for hydroxylation is 1. The zero-order chi connectivity index (χ0) is 18.7. The van der Waals surface area contributed by atoms with E-state index in [4.69, 9.17) is 0 Å². The van der Waals surface area contributed by atoms with Crippen molar-refractivity contribution in [3.8, 4) is 0 Å². The Balaban J connectivity index is 1.65. The minimum Gasteiger partial charge on any atom is -0.326 e. The Hall–Kier alpha value is -2.62. The Bertz CT molecular complexity index is 779. The summed E-state index contributed by atoms with van der Waals surface area (Å²) >= 11 is 0. The summed E-state index contributed by atoms with van der Waals surface area (Å²) in [5, 5.41) is 2.93. The van der Waals surface area contributed by atoms with Crippen molar-refractivity contribution in [2.75, 3.05) is 16.8 Å². The van der Waals surface area contributed by atoms with Gasteiger partial charge in [0.1, 0.15) is 0 Å².